The molecule has 33 heavy (non-hydrogen) atoms. The summed E-state index contributed by atoms with van der Waals surface area (Å²) in [4.78, 5) is 21.7. The third-order valence-electron chi connectivity index (χ3n) is 5.65. The van der Waals surface area contributed by atoms with E-state index in [0.29, 0.717) is 59.4 Å². The Morgan fingerprint density at radius 2 is 1.88 bits per heavy atom. The zero-order chi connectivity index (χ0) is 22.8. The van der Waals surface area contributed by atoms with Crippen LogP contribution >= 0.6 is 11.3 Å². The van der Waals surface area contributed by atoms with E-state index >= 15 is 0 Å². The van der Waals surface area contributed by atoms with Gasteiger partial charge in [-0.3, -0.25) is 14.3 Å². The summed E-state index contributed by atoms with van der Waals surface area (Å²) in [5.74, 6) is 2.35. The van der Waals surface area contributed by atoms with Gasteiger partial charge in [0.1, 0.15) is 11.5 Å². The maximum Gasteiger partial charge on any atom is 0.261 e. The first-order valence-corrected chi connectivity index (χ1v) is 11.5. The SMILES string of the molecule is COc1cc2nc(CN3CCOCC3)n(Cc3cc(-c4cccs4)on3)c(=O)c2cc1OC. The molecule has 0 N–H and O–H groups in total. The van der Waals surface area contributed by atoms with Crippen LogP contribution in [0.4, 0.5) is 0 Å². The van der Waals surface area contributed by atoms with E-state index in [9.17, 15) is 4.79 Å². The summed E-state index contributed by atoms with van der Waals surface area (Å²) >= 11 is 1.58. The van der Waals surface area contributed by atoms with E-state index in [1.807, 2.05) is 23.6 Å². The highest BCUT2D eigenvalue weighted by molar-refractivity contribution is 7.13. The van der Waals surface area contributed by atoms with E-state index in [1.54, 1.807) is 42.3 Å². The summed E-state index contributed by atoms with van der Waals surface area (Å²) in [6.07, 6.45) is 0. The topological polar surface area (TPSA) is 91.9 Å². The van der Waals surface area contributed by atoms with Crippen molar-refractivity contribution in [1.82, 2.24) is 19.6 Å². The van der Waals surface area contributed by atoms with Crippen molar-refractivity contribution in [2.45, 2.75) is 13.1 Å². The maximum atomic E-state index is 13.6. The molecule has 0 saturated carbocycles. The van der Waals surface area contributed by atoms with E-state index < -0.39 is 0 Å². The van der Waals surface area contributed by atoms with Gasteiger partial charge in [-0.05, 0) is 17.5 Å². The first-order valence-electron chi connectivity index (χ1n) is 10.6. The van der Waals surface area contributed by atoms with E-state index in [1.165, 1.54) is 0 Å². The van der Waals surface area contributed by atoms with Gasteiger partial charge in [0.15, 0.2) is 17.3 Å². The first-order chi connectivity index (χ1) is 16.2. The van der Waals surface area contributed by atoms with Gasteiger partial charge in [-0.25, -0.2) is 4.98 Å². The van der Waals surface area contributed by atoms with Crippen molar-refractivity contribution >= 4 is 22.2 Å². The molecule has 4 aromatic rings. The summed E-state index contributed by atoms with van der Waals surface area (Å²) in [5.41, 5.74) is 1.06. The number of benzene rings is 1. The number of rotatable bonds is 7. The van der Waals surface area contributed by atoms with Gasteiger partial charge in [-0.2, -0.15) is 0 Å². The monoisotopic (exact) mass is 468 g/mol. The van der Waals surface area contributed by atoms with Crippen LogP contribution in [-0.4, -0.2) is 60.1 Å². The molecule has 1 fully saturated rings. The number of aromatic nitrogens is 3. The van der Waals surface area contributed by atoms with Crippen LogP contribution in [-0.2, 0) is 17.8 Å². The van der Waals surface area contributed by atoms with E-state index in [-0.39, 0.29) is 12.1 Å². The number of hydrogen-bond donors (Lipinski definition) is 0. The third-order valence-corrected chi connectivity index (χ3v) is 6.53. The molecule has 1 aromatic carbocycles. The molecule has 0 amide bonds. The largest absolute Gasteiger partial charge is 0.493 e. The summed E-state index contributed by atoms with van der Waals surface area (Å²) in [6.45, 7) is 3.68. The first kappa shape index (κ1) is 21.6. The minimum atomic E-state index is -0.162. The van der Waals surface area contributed by atoms with Gasteiger partial charge in [-0.15, -0.1) is 11.3 Å². The van der Waals surface area contributed by atoms with Crippen molar-refractivity contribution in [3.63, 3.8) is 0 Å². The fourth-order valence-corrected chi connectivity index (χ4v) is 4.59. The molecule has 0 atom stereocenters. The number of morpholine rings is 1. The van der Waals surface area contributed by atoms with Crippen molar-refractivity contribution in [3.8, 4) is 22.1 Å². The molecule has 0 aliphatic carbocycles. The van der Waals surface area contributed by atoms with Gasteiger partial charge >= 0.3 is 0 Å². The lowest BCUT2D eigenvalue weighted by Crippen LogP contribution is -2.38. The lowest BCUT2D eigenvalue weighted by Gasteiger charge is -2.27. The molecule has 0 unspecified atom stereocenters. The number of fused-ring (bicyclic) bond motifs is 1. The molecular weight excluding hydrogens is 444 g/mol. The number of hydrogen-bond acceptors (Lipinski definition) is 9. The maximum absolute atomic E-state index is 13.6. The van der Waals surface area contributed by atoms with Crippen LogP contribution in [0.25, 0.3) is 21.5 Å². The molecule has 4 heterocycles. The highest BCUT2D eigenvalue weighted by Gasteiger charge is 2.20. The van der Waals surface area contributed by atoms with Crippen molar-refractivity contribution in [2.24, 2.45) is 0 Å². The predicted octanol–water partition coefficient (Wildman–Crippen LogP) is 3.01. The average molecular weight is 469 g/mol. The molecular formula is C23H24N4O5S. The molecule has 10 heteroatoms. The van der Waals surface area contributed by atoms with Crippen molar-refractivity contribution in [1.29, 1.82) is 0 Å². The normalized spacial score (nSPS) is 14.6. The van der Waals surface area contributed by atoms with Crippen LogP contribution < -0.4 is 15.0 Å². The Labute approximate surface area is 194 Å². The lowest BCUT2D eigenvalue weighted by atomic mass is 10.2. The fourth-order valence-electron chi connectivity index (χ4n) is 3.92. The molecule has 0 spiro atoms. The Balaban J connectivity index is 1.58. The van der Waals surface area contributed by atoms with Gasteiger partial charge in [0.2, 0.25) is 0 Å². The number of methoxy groups -OCH3 is 2. The highest BCUT2D eigenvalue weighted by atomic mass is 32.1. The van der Waals surface area contributed by atoms with Crippen molar-refractivity contribution < 1.29 is 18.7 Å². The van der Waals surface area contributed by atoms with Crippen LogP contribution in [0, 0.1) is 0 Å². The van der Waals surface area contributed by atoms with E-state index in [4.69, 9.17) is 23.7 Å². The third kappa shape index (κ3) is 4.37. The van der Waals surface area contributed by atoms with Gasteiger partial charge in [0.25, 0.3) is 5.56 Å². The molecule has 5 rings (SSSR count). The molecule has 1 aliphatic rings. The van der Waals surface area contributed by atoms with Crippen LogP contribution in [0.15, 0.2) is 45.0 Å². The molecule has 9 nitrogen and oxygen atoms in total. The standard InChI is InChI=1S/C23H24N4O5S/c1-29-18-11-16-17(12-19(18)30-2)24-22(14-26-5-7-31-8-6-26)27(23(16)28)13-15-10-20(32-25-15)21-4-3-9-33-21/h3-4,9-12H,5-8,13-14H2,1-2H3. The number of nitrogens with zero attached hydrogens (tertiary/aromatic N) is 4. The molecule has 172 valence electrons. The van der Waals surface area contributed by atoms with E-state index in [0.717, 1.165) is 18.0 Å². The second kappa shape index (κ2) is 9.34. The zero-order valence-corrected chi connectivity index (χ0v) is 19.3. The fraction of sp³-hybridized carbons (Fsp3) is 0.348. The van der Waals surface area contributed by atoms with Gasteiger partial charge in [0.05, 0.1) is 56.3 Å². The Bertz CT molecular complexity index is 1310. The van der Waals surface area contributed by atoms with Gasteiger partial charge < -0.3 is 18.7 Å². The van der Waals surface area contributed by atoms with Crippen molar-refractivity contribution in [2.75, 3.05) is 40.5 Å². The van der Waals surface area contributed by atoms with Crippen LogP contribution in [0.1, 0.15) is 11.5 Å². The van der Waals surface area contributed by atoms with Gasteiger partial charge in [-0.1, -0.05) is 11.2 Å². The Morgan fingerprint density at radius 3 is 2.61 bits per heavy atom. The summed E-state index contributed by atoms with van der Waals surface area (Å²) in [5, 5.41) is 6.65. The quantitative estimate of drug-likeness (QED) is 0.409. The second-order valence-corrected chi connectivity index (χ2v) is 8.64. The average Bonchev–Trinajstić information content (AvgIpc) is 3.54. The summed E-state index contributed by atoms with van der Waals surface area (Å²) in [6, 6.07) is 9.23. The minimum Gasteiger partial charge on any atom is -0.493 e. The Morgan fingerprint density at radius 1 is 1.09 bits per heavy atom. The molecule has 1 aliphatic heterocycles. The lowest BCUT2D eigenvalue weighted by molar-refractivity contribution is 0.0325. The van der Waals surface area contributed by atoms with Crippen LogP contribution in [0.5, 0.6) is 11.5 Å². The van der Waals surface area contributed by atoms with E-state index in [2.05, 4.69) is 10.1 Å². The van der Waals surface area contributed by atoms with Crippen LogP contribution in [0.3, 0.4) is 0 Å². The number of thiophene rings is 1. The molecule has 0 radical (unpaired) electrons. The summed E-state index contributed by atoms with van der Waals surface area (Å²) in [7, 11) is 3.11. The highest BCUT2D eigenvalue weighted by Crippen LogP contribution is 2.30. The Hall–Kier alpha value is -3.21. The minimum absolute atomic E-state index is 0.162. The Kier molecular flexibility index (Phi) is 6.12. The molecule has 1 saturated heterocycles. The van der Waals surface area contributed by atoms with Crippen LogP contribution in [0.2, 0.25) is 0 Å². The zero-order valence-electron chi connectivity index (χ0n) is 18.4. The second-order valence-electron chi connectivity index (χ2n) is 7.69. The summed E-state index contributed by atoms with van der Waals surface area (Å²) < 4.78 is 23.5. The molecule has 0 bridgehead atoms. The van der Waals surface area contributed by atoms with Crippen molar-refractivity contribution in [3.05, 3.63) is 57.6 Å². The predicted molar refractivity (Wildman–Crippen MR) is 124 cm³/mol. The van der Waals surface area contributed by atoms with Gasteiger partial charge in [0, 0.05) is 25.2 Å². The smallest absolute Gasteiger partial charge is 0.261 e. The molecule has 3 aromatic heterocycles. The number of ether oxygens (including phenoxy) is 3.